The van der Waals surface area contributed by atoms with Crippen molar-refractivity contribution in [3.05, 3.63) is 59.7 Å². The summed E-state index contributed by atoms with van der Waals surface area (Å²) in [6.45, 7) is 4.33. The van der Waals surface area contributed by atoms with Gasteiger partial charge in [-0.3, -0.25) is 9.69 Å². The van der Waals surface area contributed by atoms with E-state index >= 15 is 0 Å². The molecule has 2 aliphatic rings. The third-order valence-electron chi connectivity index (χ3n) is 6.52. The lowest BCUT2D eigenvalue weighted by atomic mass is 9.98. The van der Waals surface area contributed by atoms with Crippen molar-refractivity contribution in [1.82, 2.24) is 14.5 Å². The van der Waals surface area contributed by atoms with E-state index < -0.39 is 10.0 Å². The minimum absolute atomic E-state index is 0.0884. The Hall–Kier alpha value is -2.42. The first-order valence-electron chi connectivity index (χ1n) is 11.7. The van der Waals surface area contributed by atoms with Gasteiger partial charge in [0, 0.05) is 26.2 Å². The highest BCUT2D eigenvalue weighted by molar-refractivity contribution is 7.89. The van der Waals surface area contributed by atoms with E-state index in [-0.39, 0.29) is 23.3 Å². The van der Waals surface area contributed by atoms with E-state index in [1.54, 1.807) is 31.4 Å². The number of piperidine rings is 1. The summed E-state index contributed by atoms with van der Waals surface area (Å²) in [5.41, 5.74) is 2.33. The van der Waals surface area contributed by atoms with Crippen molar-refractivity contribution in [3.8, 4) is 5.75 Å². The van der Waals surface area contributed by atoms with E-state index in [2.05, 4.69) is 22.3 Å². The molecule has 0 bridgehead atoms. The van der Waals surface area contributed by atoms with Gasteiger partial charge in [-0.1, -0.05) is 24.3 Å². The van der Waals surface area contributed by atoms with Crippen LogP contribution in [0.4, 0.5) is 0 Å². The molecule has 178 valence electrons. The summed E-state index contributed by atoms with van der Waals surface area (Å²) in [6.07, 6.45) is 3.89. The zero-order valence-electron chi connectivity index (χ0n) is 19.2. The Morgan fingerprint density at radius 1 is 1.03 bits per heavy atom. The molecule has 8 heteroatoms. The monoisotopic (exact) mass is 471 g/mol. The van der Waals surface area contributed by atoms with Crippen LogP contribution in [0.15, 0.2) is 53.4 Å². The summed E-state index contributed by atoms with van der Waals surface area (Å²) < 4.78 is 32.7. The molecular weight excluding hydrogens is 438 g/mol. The highest BCUT2D eigenvalue weighted by Crippen LogP contribution is 2.25. The van der Waals surface area contributed by atoms with Crippen molar-refractivity contribution in [1.29, 1.82) is 0 Å². The van der Waals surface area contributed by atoms with E-state index in [1.807, 2.05) is 12.1 Å². The number of nitrogens with zero attached hydrogens (tertiary/aromatic N) is 2. The lowest BCUT2D eigenvalue weighted by Crippen LogP contribution is -2.45. The molecule has 2 heterocycles. The third-order valence-corrected chi connectivity index (χ3v) is 8.39. The lowest BCUT2D eigenvalue weighted by molar-refractivity contribution is -0.126. The predicted molar refractivity (Wildman–Crippen MR) is 127 cm³/mol. The normalized spacial score (nSPS) is 20.0. The van der Waals surface area contributed by atoms with E-state index in [0.717, 1.165) is 25.2 Å². The molecule has 2 aliphatic heterocycles. The molecule has 2 aromatic carbocycles. The maximum atomic E-state index is 13.1. The fourth-order valence-electron chi connectivity index (χ4n) is 4.64. The Kier molecular flexibility index (Phi) is 7.67. The highest BCUT2D eigenvalue weighted by atomic mass is 32.2. The average molecular weight is 472 g/mol. The van der Waals surface area contributed by atoms with Gasteiger partial charge in [0.05, 0.1) is 17.9 Å². The number of ether oxygens (including phenoxy) is 1. The molecule has 1 N–H and O–H groups in total. The molecule has 0 radical (unpaired) electrons. The van der Waals surface area contributed by atoms with Gasteiger partial charge in [-0.05, 0) is 74.2 Å². The van der Waals surface area contributed by atoms with Gasteiger partial charge >= 0.3 is 0 Å². The maximum absolute atomic E-state index is 13.1. The van der Waals surface area contributed by atoms with Gasteiger partial charge in [-0.2, -0.15) is 4.31 Å². The van der Waals surface area contributed by atoms with E-state index in [9.17, 15) is 13.2 Å². The third kappa shape index (κ3) is 5.93. The van der Waals surface area contributed by atoms with Crippen LogP contribution in [0.2, 0.25) is 0 Å². The summed E-state index contributed by atoms with van der Waals surface area (Å²) in [7, 11) is -2.10. The van der Waals surface area contributed by atoms with Crippen LogP contribution < -0.4 is 10.1 Å². The summed E-state index contributed by atoms with van der Waals surface area (Å²) in [4.78, 5) is 15.5. The molecule has 4 rings (SSSR count). The summed E-state index contributed by atoms with van der Waals surface area (Å²) in [5.74, 6) is 0.170. The van der Waals surface area contributed by atoms with Crippen LogP contribution >= 0.6 is 0 Å². The standard InChI is InChI=1S/C25H33N3O4S/c1-32-23-9-11-24(12-10-23)33(30,31)28-15-5-8-22(19-28)25(29)26-17-20-6-4-7-21(16-20)18-27-13-2-3-14-27/h4,6-7,9-12,16,22H,2-3,5,8,13-15,17-19H2,1H3,(H,26,29). The number of benzene rings is 2. The first-order valence-corrected chi connectivity index (χ1v) is 13.1. The van der Waals surface area contributed by atoms with Crippen molar-refractivity contribution in [3.63, 3.8) is 0 Å². The molecule has 1 amide bonds. The van der Waals surface area contributed by atoms with Gasteiger partial charge < -0.3 is 10.1 Å². The molecule has 0 spiro atoms. The maximum Gasteiger partial charge on any atom is 0.243 e. The molecule has 1 atom stereocenters. The molecule has 2 aromatic rings. The molecule has 2 fully saturated rings. The van der Waals surface area contributed by atoms with Gasteiger partial charge in [0.1, 0.15) is 5.75 Å². The molecule has 33 heavy (non-hydrogen) atoms. The molecule has 0 saturated carbocycles. The first kappa shape index (κ1) is 23.7. The topological polar surface area (TPSA) is 79.0 Å². The van der Waals surface area contributed by atoms with Gasteiger partial charge in [0.15, 0.2) is 0 Å². The van der Waals surface area contributed by atoms with Crippen LogP contribution in [0.25, 0.3) is 0 Å². The molecule has 0 aliphatic carbocycles. The average Bonchev–Trinajstić information content (AvgIpc) is 3.36. The first-order chi connectivity index (χ1) is 16.0. The minimum Gasteiger partial charge on any atom is -0.497 e. The fraction of sp³-hybridized carbons (Fsp3) is 0.480. The molecule has 7 nitrogen and oxygen atoms in total. The number of sulfonamides is 1. The Morgan fingerprint density at radius 2 is 1.76 bits per heavy atom. The van der Waals surface area contributed by atoms with E-state index in [1.165, 1.54) is 22.7 Å². The SMILES string of the molecule is COc1ccc(S(=O)(=O)N2CCCC(C(=O)NCc3cccc(CN4CCCC4)c3)C2)cc1. The Morgan fingerprint density at radius 3 is 2.48 bits per heavy atom. The van der Waals surface area contributed by atoms with Gasteiger partial charge in [-0.25, -0.2) is 8.42 Å². The molecule has 1 unspecified atom stereocenters. The number of hydrogen-bond donors (Lipinski definition) is 1. The number of nitrogens with one attached hydrogen (secondary N) is 1. The number of amides is 1. The number of carbonyl (C=O) groups excluding carboxylic acids is 1. The zero-order valence-corrected chi connectivity index (χ0v) is 20.0. The predicted octanol–water partition coefficient (Wildman–Crippen LogP) is 3.01. The Balaban J connectivity index is 1.34. The molecule has 0 aromatic heterocycles. The van der Waals surface area contributed by atoms with Crippen molar-refractivity contribution in [2.24, 2.45) is 5.92 Å². The van der Waals surface area contributed by atoms with Crippen molar-refractivity contribution in [2.45, 2.75) is 43.7 Å². The van der Waals surface area contributed by atoms with Gasteiger partial charge in [0.25, 0.3) is 0 Å². The smallest absolute Gasteiger partial charge is 0.243 e. The number of hydrogen-bond acceptors (Lipinski definition) is 5. The van der Waals surface area contributed by atoms with Crippen LogP contribution in [0.1, 0.15) is 36.8 Å². The number of carbonyl (C=O) groups is 1. The second-order valence-corrected chi connectivity index (χ2v) is 10.8. The van der Waals surface area contributed by atoms with Crippen molar-refractivity contribution < 1.29 is 17.9 Å². The van der Waals surface area contributed by atoms with Crippen LogP contribution in [0.5, 0.6) is 5.75 Å². The Bertz CT molecular complexity index is 1050. The van der Waals surface area contributed by atoms with Crippen molar-refractivity contribution >= 4 is 15.9 Å². The van der Waals surface area contributed by atoms with Crippen LogP contribution in [-0.4, -0.2) is 56.8 Å². The Labute approximate surface area is 196 Å². The summed E-state index contributed by atoms with van der Waals surface area (Å²) in [5, 5.41) is 3.03. The van der Waals surface area contributed by atoms with Gasteiger partial charge in [-0.15, -0.1) is 0 Å². The number of rotatable bonds is 8. The van der Waals surface area contributed by atoms with Gasteiger partial charge in [0.2, 0.25) is 15.9 Å². The van der Waals surface area contributed by atoms with Crippen molar-refractivity contribution in [2.75, 3.05) is 33.3 Å². The van der Waals surface area contributed by atoms with E-state index in [4.69, 9.17) is 4.74 Å². The van der Waals surface area contributed by atoms with E-state index in [0.29, 0.717) is 31.7 Å². The second-order valence-electron chi connectivity index (χ2n) is 8.90. The quantitative estimate of drug-likeness (QED) is 0.640. The largest absolute Gasteiger partial charge is 0.497 e. The minimum atomic E-state index is -3.64. The van der Waals surface area contributed by atoms with Crippen LogP contribution in [-0.2, 0) is 27.9 Å². The zero-order chi connectivity index (χ0) is 23.3. The second kappa shape index (κ2) is 10.7. The van der Waals surface area contributed by atoms with Crippen LogP contribution in [0.3, 0.4) is 0 Å². The lowest BCUT2D eigenvalue weighted by Gasteiger charge is -2.31. The summed E-state index contributed by atoms with van der Waals surface area (Å²) >= 11 is 0. The number of likely N-dealkylation sites (tertiary alicyclic amines) is 1. The number of methoxy groups -OCH3 is 1. The molecular formula is C25H33N3O4S. The van der Waals surface area contributed by atoms with Crippen LogP contribution in [0, 0.1) is 5.92 Å². The summed E-state index contributed by atoms with van der Waals surface area (Å²) in [6, 6.07) is 14.7. The highest BCUT2D eigenvalue weighted by Gasteiger charge is 2.33. The fourth-order valence-corrected chi connectivity index (χ4v) is 6.17. The molecule has 2 saturated heterocycles.